The van der Waals surface area contributed by atoms with E-state index in [1.54, 1.807) is 0 Å². The smallest absolute Gasteiger partial charge is 0.221 e. The number of fused-ring (bicyclic) bond motifs is 11. The number of imidazole rings is 2. The van der Waals surface area contributed by atoms with Crippen LogP contribution >= 0.6 is 0 Å². The predicted octanol–water partition coefficient (Wildman–Crippen LogP) is 11.6. The maximum Gasteiger partial charge on any atom is 0.221 e. The summed E-state index contributed by atoms with van der Waals surface area (Å²) in [7, 11) is 0. The molecule has 0 saturated heterocycles. The summed E-state index contributed by atoms with van der Waals surface area (Å²) in [5, 5.41) is 4.37. The Morgan fingerprint density at radius 1 is 0.636 bits per heavy atom. The number of furan rings is 1. The van der Waals surface area contributed by atoms with Crippen LogP contribution in [0, 0.1) is 0 Å². The summed E-state index contributed by atoms with van der Waals surface area (Å²) < 4.78 is 18.0. The van der Waals surface area contributed by atoms with Crippen molar-refractivity contribution in [3.05, 3.63) is 175 Å². The molecule has 1 unspecified atom stereocenters. The van der Waals surface area contributed by atoms with Gasteiger partial charge in [-0.3, -0.25) is 14.0 Å². The second-order valence-corrected chi connectivity index (χ2v) is 14.4. The lowest BCUT2D eigenvalue weighted by Crippen LogP contribution is -1.98. The number of benzene rings is 6. The molecule has 6 aromatic carbocycles. The maximum atomic E-state index is 6.92. The third-order valence-corrected chi connectivity index (χ3v) is 11.3. The highest BCUT2D eigenvalue weighted by molar-refractivity contribution is 6.21. The molecule has 5 aromatic heterocycles. The van der Waals surface area contributed by atoms with Crippen LogP contribution in [0.3, 0.4) is 0 Å². The molecule has 1 aliphatic carbocycles. The van der Waals surface area contributed by atoms with Gasteiger partial charge in [0.2, 0.25) is 5.78 Å². The third kappa shape index (κ3) is 4.59. The van der Waals surface area contributed by atoms with Crippen LogP contribution in [0.5, 0.6) is 11.5 Å². The molecule has 260 valence electrons. The van der Waals surface area contributed by atoms with Gasteiger partial charge in [0, 0.05) is 34.8 Å². The van der Waals surface area contributed by atoms with Crippen molar-refractivity contribution in [2.75, 3.05) is 0 Å². The van der Waals surface area contributed by atoms with Gasteiger partial charge >= 0.3 is 0 Å². The Bertz CT molecular complexity index is 3310. The molecule has 11 aromatic rings. The fourth-order valence-corrected chi connectivity index (χ4v) is 8.88. The molecule has 0 fully saturated rings. The molecule has 1 aliphatic rings. The molecular weight excluding hydrogens is 679 g/mol. The van der Waals surface area contributed by atoms with E-state index in [9.17, 15) is 0 Å². The van der Waals surface area contributed by atoms with E-state index < -0.39 is 0 Å². The lowest BCUT2D eigenvalue weighted by Gasteiger charge is -2.12. The summed E-state index contributed by atoms with van der Waals surface area (Å²) >= 11 is 0. The molecule has 7 nitrogen and oxygen atoms in total. The van der Waals surface area contributed by atoms with E-state index in [0.29, 0.717) is 17.4 Å². The highest BCUT2D eigenvalue weighted by atomic mass is 16.5. The van der Waals surface area contributed by atoms with E-state index in [1.165, 1.54) is 16.7 Å². The summed E-state index contributed by atoms with van der Waals surface area (Å²) in [5.41, 5.74) is 11.4. The van der Waals surface area contributed by atoms with Crippen LogP contribution in [0.25, 0.3) is 77.6 Å². The van der Waals surface area contributed by atoms with Crippen molar-refractivity contribution in [1.82, 2.24) is 23.9 Å². The molecule has 12 rings (SSSR count). The summed E-state index contributed by atoms with van der Waals surface area (Å²) in [6.45, 7) is 0. The van der Waals surface area contributed by atoms with E-state index in [4.69, 9.17) is 24.1 Å². The molecule has 1 atom stereocenters. The van der Waals surface area contributed by atoms with Gasteiger partial charge in [-0.25, -0.2) is 9.97 Å². The molecule has 5 heterocycles. The first-order chi connectivity index (χ1) is 27.2. The monoisotopic (exact) mass is 709 g/mol. The number of rotatable bonds is 5. The van der Waals surface area contributed by atoms with Crippen LogP contribution in [0.1, 0.15) is 22.6 Å². The molecular formula is C48H31N5O2. The Morgan fingerprint density at radius 3 is 2.44 bits per heavy atom. The summed E-state index contributed by atoms with van der Waals surface area (Å²) in [5.74, 6) is 3.39. The van der Waals surface area contributed by atoms with Crippen LogP contribution in [0.15, 0.2) is 162 Å². The Morgan fingerprint density at radius 2 is 1.51 bits per heavy atom. The van der Waals surface area contributed by atoms with E-state index >= 15 is 0 Å². The van der Waals surface area contributed by atoms with Gasteiger partial charge in [-0.15, -0.1) is 0 Å². The fourth-order valence-electron chi connectivity index (χ4n) is 8.88. The van der Waals surface area contributed by atoms with Crippen LogP contribution in [-0.2, 0) is 12.8 Å². The van der Waals surface area contributed by atoms with E-state index in [1.807, 2.05) is 54.9 Å². The number of ether oxygens (including phenoxy) is 1. The van der Waals surface area contributed by atoms with Gasteiger partial charge < -0.3 is 9.15 Å². The van der Waals surface area contributed by atoms with Crippen LogP contribution in [0.4, 0.5) is 0 Å². The molecule has 0 radical (unpaired) electrons. The predicted molar refractivity (Wildman–Crippen MR) is 218 cm³/mol. The zero-order chi connectivity index (χ0) is 36.0. The van der Waals surface area contributed by atoms with Crippen LogP contribution in [-0.4, -0.2) is 23.9 Å². The van der Waals surface area contributed by atoms with E-state index in [2.05, 4.69) is 112 Å². The zero-order valence-electron chi connectivity index (χ0n) is 29.6. The van der Waals surface area contributed by atoms with Gasteiger partial charge in [-0.1, -0.05) is 78.9 Å². The normalized spacial score (nSPS) is 14.2. The third-order valence-electron chi connectivity index (χ3n) is 11.3. The first-order valence-electron chi connectivity index (χ1n) is 18.7. The molecule has 0 aliphatic heterocycles. The topological polar surface area (TPSA) is 70.4 Å². The highest BCUT2D eigenvalue weighted by Gasteiger charge is 2.28. The molecule has 0 bridgehead atoms. The fraction of sp³-hybridized carbons (Fsp3) is 0.0625. The summed E-state index contributed by atoms with van der Waals surface area (Å²) in [6, 6.07) is 50.3. The molecule has 0 spiro atoms. The first-order valence-corrected chi connectivity index (χ1v) is 18.7. The lowest BCUT2D eigenvalue weighted by molar-refractivity contribution is 0.484. The first kappa shape index (κ1) is 30.2. The van der Waals surface area contributed by atoms with Crippen molar-refractivity contribution in [3.8, 4) is 28.6 Å². The number of para-hydroxylation sites is 2. The van der Waals surface area contributed by atoms with Crippen molar-refractivity contribution < 1.29 is 9.15 Å². The van der Waals surface area contributed by atoms with Gasteiger partial charge in [0.05, 0.1) is 27.8 Å². The van der Waals surface area contributed by atoms with Crippen molar-refractivity contribution >= 4 is 60.6 Å². The van der Waals surface area contributed by atoms with Crippen molar-refractivity contribution in [2.45, 2.75) is 18.8 Å². The average molecular weight is 710 g/mol. The van der Waals surface area contributed by atoms with Gasteiger partial charge in [-0.05, 0) is 107 Å². The number of hydrogen-bond acceptors (Lipinski definition) is 5. The maximum absolute atomic E-state index is 6.92. The van der Waals surface area contributed by atoms with Gasteiger partial charge in [0.25, 0.3) is 0 Å². The van der Waals surface area contributed by atoms with Crippen molar-refractivity contribution in [3.63, 3.8) is 0 Å². The Hall–Kier alpha value is -7.25. The number of aromatic nitrogens is 5. The van der Waals surface area contributed by atoms with Gasteiger partial charge in [-0.2, -0.15) is 0 Å². The quantitative estimate of drug-likeness (QED) is 0.178. The van der Waals surface area contributed by atoms with E-state index in [0.717, 1.165) is 90.5 Å². The Labute approximate surface area is 314 Å². The zero-order valence-corrected chi connectivity index (χ0v) is 29.6. The van der Waals surface area contributed by atoms with Gasteiger partial charge in [0.1, 0.15) is 28.5 Å². The lowest BCUT2D eigenvalue weighted by atomic mass is 9.95. The van der Waals surface area contributed by atoms with Crippen LogP contribution in [0.2, 0.25) is 0 Å². The molecule has 0 N–H and O–H groups in total. The second-order valence-electron chi connectivity index (χ2n) is 14.4. The molecule has 55 heavy (non-hydrogen) atoms. The van der Waals surface area contributed by atoms with Crippen molar-refractivity contribution in [2.24, 2.45) is 0 Å². The molecule has 0 amide bonds. The minimum Gasteiger partial charge on any atom is -0.457 e. The SMILES string of the molecule is c1ccc(C2Cc3ccnc(-c4cc(Oc5ccc6c(c5)n(-c5ccccn5)c5nc7ccccc7n65)cc5c4oc4ccc6ccccc6c45)c3C2)cc1. The minimum absolute atomic E-state index is 0.397. The Kier molecular flexibility index (Phi) is 6.39. The highest BCUT2D eigenvalue weighted by Crippen LogP contribution is 2.46. The second kappa shape index (κ2) is 11.6. The largest absolute Gasteiger partial charge is 0.457 e. The minimum atomic E-state index is 0.397. The number of nitrogens with zero attached hydrogens (tertiary/aromatic N) is 5. The molecule has 7 heteroatoms. The standard InChI is InChI=1S/C48H31N5O2/c1-2-10-29(11-3-1)32-24-31-21-23-50-46(36(31)25-32)38-27-34(26-37-45-35-13-5-4-12-30(35)17-20-43(45)55-47(37)38)54-33-18-19-41-42(28-33)53(44-16-8-9-22-49-44)48-51-39-14-6-7-15-40(39)52(41)48/h1-23,26-28,32H,24-25H2. The number of pyridine rings is 2. The van der Waals surface area contributed by atoms with Crippen LogP contribution < -0.4 is 4.74 Å². The number of hydrogen-bond donors (Lipinski definition) is 0. The van der Waals surface area contributed by atoms with Crippen molar-refractivity contribution in [1.29, 1.82) is 0 Å². The Balaban J connectivity index is 1.06. The summed E-state index contributed by atoms with van der Waals surface area (Å²) in [6.07, 6.45) is 5.65. The van der Waals surface area contributed by atoms with Gasteiger partial charge in [0.15, 0.2) is 0 Å². The molecule has 0 saturated carbocycles. The summed E-state index contributed by atoms with van der Waals surface area (Å²) in [4.78, 5) is 14.9. The average Bonchev–Trinajstić information content (AvgIpc) is 4.01. The van der Waals surface area contributed by atoms with E-state index in [-0.39, 0.29) is 0 Å².